The molecule has 3 heterocycles. The highest BCUT2D eigenvalue weighted by molar-refractivity contribution is 5.92. The zero-order valence-electron chi connectivity index (χ0n) is 12.4. The van der Waals surface area contributed by atoms with E-state index in [0.29, 0.717) is 31.6 Å². The molecule has 1 unspecified atom stereocenters. The molecule has 2 N–H and O–H groups in total. The summed E-state index contributed by atoms with van der Waals surface area (Å²) in [5, 5.41) is 9.17. The molecule has 2 aliphatic rings. The number of carbonyl (C=O) groups is 2. The van der Waals surface area contributed by atoms with E-state index >= 15 is 0 Å². The van der Waals surface area contributed by atoms with Gasteiger partial charge in [-0.3, -0.25) is 14.4 Å². The Morgan fingerprint density at radius 3 is 2.82 bits per heavy atom. The minimum atomic E-state index is -0.631. The summed E-state index contributed by atoms with van der Waals surface area (Å²) >= 11 is 0. The van der Waals surface area contributed by atoms with Crippen molar-refractivity contribution in [2.24, 2.45) is 0 Å². The molecule has 2 aliphatic heterocycles. The van der Waals surface area contributed by atoms with E-state index in [4.69, 9.17) is 0 Å². The minimum Gasteiger partial charge on any atom is -0.354 e. The summed E-state index contributed by atoms with van der Waals surface area (Å²) in [6.07, 6.45) is 4.05. The number of hydrogen-bond donors (Lipinski definition) is 2. The van der Waals surface area contributed by atoms with Crippen LogP contribution in [0.5, 0.6) is 0 Å². The second-order valence-corrected chi connectivity index (χ2v) is 5.95. The third kappa shape index (κ3) is 2.63. The zero-order chi connectivity index (χ0) is 15.6. The third-order valence-electron chi connectivity index (χ3n) is 4.60. The molecule has 0 bridgehead atoms. The number of H-pyrrole nitrogens is 1. The molecule has 0 radical (unpaired) electrons. The Kier molecular flexibility index (Phi) is 3.96. The van der Waals surface area contributed by atoms with Gasteiger partial charge in [0.05, 0.1) is 5.69 Å². The van der Waals surface area contributed by atoms with Crippen molar-refractivity contribution in [3.8, 4) is 0 Å². The van der Waals surface area contributed by atoms with E-state index in [-0.39, 0.29) is 17.4 Å². The Morgan fingerprint density at radius 2 is 2.09 bits per heavy atom. The highest BCUT2D eigenvalue weighted by atomic mass is 16.2. The highest BCUT2D eigenvalue weighted by Crippen LogP contribution is 2.36. The molecule has 1 aromatic heterocycles. The van der Waals surface area contributed by atoms with Crippen molar-refractivity contribution in [2.75, 3.05) is 13.1 Å². The maximum atomic E-state index is 12.6. The summed E-state index contributed by atoms with van der Waals surface area (Å²) in [6.45, 7) is 1.34. The molecular formula is C15H20N4O3. The second-order valence-electron chi connectivity index (χ2n) is 5.95. The smallest absolute Gasteiger partial charge is 0.264 e. The lowest BCUT2D eigenvalue weighted by molar-refractivity contribution is -0.147. The molecule has 2 amide bonds. The van der Waals surface area contributed by atoms with Crippen molar-refractivity contribution < 1.29 is 9.59 Å². The van der Waals surface area contributed by atoms with Crippen LogP contribution in [-0.2, 0) is 16.0 Å². The fourth-order valence-electron chi connectivity index (χ4n) is 3.48. The molecule has 0 saturated carbocycles. The number of aromatic nitrogens is 2. The summed E-state index contributed by atoms with van der Waals surface area (Å²) in [4.78, 5) is 37.6. The van der Waals surface area contributed by atoms with Crippen LogP contribution in [0.25, 0.3) is 0 Å². The Balaban J connectivity index is 1.67. The standard InChI is InChI=1S/C15H20N4O3/c20-12-5-3-11(17-18-12)4-6-13(21)19-10-2-8-15(19)7-1-9-16-14(15)22/h3,5H,1-2,4,6-10H2,(H,16,22)(H,18,20). The Labute approximate surface area is 128 Å². The average Bonchev–Trinajstić information content (AvgIpc) is 2.94. The summed E-state index contributed by atoms with van der Waals surface area (Å²) in [6, 6.07) is 3.03. The Hall–Kier alpha value is -2.18. The van der Waals surface area contributed by atoms with Gasteiger partial charge in [-0.2, -0.15) is 5.10 Å². The van der Waals surface area contributed by atoms with Gasteiger partial charge in [-0.1, -0.05) is 0 Å². The van der Waals surface area contributed by atoms with Gasteiger partial charge in [0.2, 0.25) is 11.8 Å². The molecule has 2 saturated heterocycles. The fraction of sp³-hybridized carbons (Fsp3) is 0.600. The van der Waals surface area contributed by atoms with E-state index in [1.807, 2.05) is 0 Å². The summed E-state index contributed by atoms with van der Waals surface area (Å²) in [5.41, 5.74) is -0.213. The molecule has 3 rings (SSSR count). The predicted octanol–water partition coefficient (Wildman–Crippen LogP) is -0.0263. The van der Waals surface area contributed by atoms with Gasteiger partial charge in [0.15, 0.2) is 0 Å². The fourth-order valence-corrected chi connectivity index (χ4v) is 3.48. The molecule has 0 aromatic carbocycles. The molecule has 0 aliphatic carbocycles. The van der Waals surface area contributed by atoms with Crippen LogP contribution < -0.4 is 10.9 Å². The van der Waals surface area contributed by atoms with Gasteiger partial charge >= 0.3 is 0 Å². The molecule has 1 aromatic rings. The monoisotopic (exact) mass is 304 g/mol. The number of carbonyl (C=O) groups excluding carboxylic acids is 2. The third-order valence-corrected chi connectivity index (χ3v) is 4.60. The maximum absolute atomic E-state index is 12.6. The van der Waals surface area contributed by atoms with Gasteiger partial charge in [-0.25, -0.2) is 5.10 Å². The highest BCUT2D eigenvalue weighted by Gasteiger charge is 2.50. The Morgan fingerprint density at radius 1 is 1.27 bits per heavy atom. The number of piperidine rings is 1. The number of nitrogens with zero attached hydrogens (tertiary/aromatic N) is 2. The summed E-state index contributed by atoms with van der Waals surface area (Å²) < 4.78 is 0. The molecule has 1 atom stereocenters. The van der Waals surface area contributed by atoms with Gasteiger partial charge in [0.1, 0.15) is 5.54 Å². The number of hydrogen-bond acceptors (Lipinski definition) is 4. The maximum Gasteiger partial charge on any atom is 0.264 e. The van der Waals surface area contributed by atoms with E-state index in [2.05, 4.69) is 15.5 Å². The SMILES string of the molecule is O=C(CCc1ccc(=O)[nH]n1)N1CCCC12CCCNC2=O. The van der Waals surface area contributed by atoms with Crippen LogP contribution in [0.15, 0.2) is 16.9 Å². The lowest BCUT2D eigenvalue weighted by Gasteiger charge is -2.40. The molecule has 2 fully saturated rings. The topological polar surface area (TPSA) is 95.2 Å². The zero-order valence-corrected chi connectivity index (χ0v) is 12.4. The van der Waals surface area contributed by atoms with Crippen LogP contribution in [0.1, 0.15) is 37.8 Å². The van der Waals surface area contributed by atoms with Crippen LogP contribution in [-0.4, -0.2) is 45.5 Å². The van der Waals surface area contributed by atoms with Crippen LogP contribution in [0.2, 0.25) is 0 Å². The lowest BCUT2D eigenvalue weighted by atomic mass is 9.86. The number of amides is 2. The molecule has 7 heteroatoms. The first-order chi connectivity index (χ1) is 10.6. The average molecular weight is 304 g/mol. The van der Waals surface area contributed by atoms with Crippen LogP contribution in [0.3, 0.4) is 0 Å². The number of nitrogens with one attached hydrogen (secondary N) is 2. The van der Waals surface area contributed by atoms with Gasteiger partial charge in [0, 0.05) is 32.0 Å². The van der Waals surface area contributed by atoms with Gasteiger partial charge in [-0.15, -0.1) is 0 Å². The summed E-state index contributed by atoms with van der Waals surface area (Å²) in [5.74, 6) is -0.0192. The molecule has 118 valence electrons. The van der Waals surface area contributed by atoms with E-state index in [1.54, 1.807) is 11.0 Å². The van der Waals surface area contributed by atoms with E-state index in [0.717, 1.165) is 25.7 Å². The van der Waals surface area contributed by atoms with Crippen molar-refractivity contribution in [1.82, 2.24) is 20.4 Å². The number of aromatic amines is 1. The van der Waals surface area contributed by atoms with Crippen LogP contribution >= 0.6 is 0 Å². The first-order valence-electron chi connectivity index (χ1n) is 7.75. The van der Waals surface area contributed by atoms with Crippen molar-refractivity contribution in [2.45, 2.75) is 44.1 Å². The quantitative estimate of drug-likeness (QED) is 0.820. The molecular weight excluding hydrogens is 284 g/mol. The van der Waals surface area contributed by atoms with Crippen molar-refractivity contribution in [1.29, 1.82) is 0 Å². The largest absolute Gasteiger partial charge is 0.354 e. The van der Waals surface area contributed by atoms with Crippen LogP contribution in [0.4, 0.5) is 0 Å². The van der Waals surface area contributed by atoms with Crippen molar-refractivity contribution in [3.63, 3.8) is 0 Å². The van der Waals surface area contributed by atoms with Gasteiger partial charge in [-0.05, 0) is 31.7 Å². The number of aryl methyl sites for hydroxylation is 1. The van der Waals surface area contributed by atoms with E-state index < -0.39 is 5.54 Å². The minimum absolute atomic E-state index is 0.00762. The normalized spacial score (nSPS) is 24.5. The first-order valence-corrected chi connectivity index (χ1v) is 7.75. The molecule has 1 spiro atoms. The lowest BCUT2D eigenvalue weighted by Crippen LogP contribution is -2.60. The molecule has 7 nitrogen and oxygen atoms in total. The van der Waals surface area contributed by atoms with E-state index in [1.165, 1.54) is 6.07 Å². The van der Waals surface area contributed by atoms with Gasteiger partial charge in [0.25, 0.3) is 5.56 Å². The van der Waals surface area contributed by atoms with Crippen molar-refractivity contribution >= 4 is 11.8 Å². The van der Waals surface area contributed by atoms with Crippen molar-refractivity contribution in [3.05, 3.63) is 28.2 Å². The summed E-state index contributed by atoms with van der Waals surface area (Å²) in [7, 11) is 0. The number of likely N-dealkylation sites (tertiary alicyclic amines) is 1. The van der Waals surface area contributed by atoms with E-state index in [9.17, 15) is 14.4 Å². The number of rotatable bonds is 3. The molecule has 22 heavy (non-hydrogen) atoms. The predicted molar refractivity (Wildman–Crippen MR) is 79.1 cm³/mol. The Bertz CT molecular complexity index is 621. The first kappa shape index (κ1) is 14.7. The second kappa shape index (κ2) is 5.90. The van der Waals surface area contributed by atoms with Crippen LogP contribution in [0, 0.1) is 0 Å². The van der Waals surface area contributed by atoms with Gasteiger partial charge < -0.3 is 10.2 Å².